The van der Waals surface area contributed by atoms with Gasteiger partial charge in [-0.15, -0.1) is 0 Å². The van der Waals surface area contributed by atoms with Crippen LogP contribution in [0.3, 0.4) is 0 Å². The van der Waals surface area contributed by atoms with Gasteiger partial charge in [0.1, 0.15) is 0 Å². The standard InChI is InChI=1S/C29H37N/c1-6-7-8-9-11-14-26-21-28(18-17-23(26)3)30(27-15-12-10-13-16-27)29-24(4)19-22(2)20-25(29)5/h10,12-13,15-21H,6-9,11,14H2,1-5H3. The highest BCUT2D eigenvalue weighted by atomic mass is 15.1. The fourth-order valence-electron chi connectivity index (χ4n) is 4.49. The van der Waals surface area contributed by atoms with Crippen molar-refractivity contribution < 1.29 is 0 Å². The number of hydrogen-bond donors (Lipinski definition) is 0. The molecule has 0 aliphatic rings. The lowest BCUT2D eigenvalue weighted by molar-refractivity contribution is 0.631. The highest BCUT2D eigenvalue weighted by molar-refractivity contribution is 5.80. The molecule has 0 saturated carbocycles. The molecule has 30 heavy (non-hydrogen) atoms. The van der Waals surface area contributed by atoms with Crippen molar-refractivity contribution in [1.82, 2.24) is 0 Å². The summed E-state index contributed by atoms with van der Waals surface area (Å²) in [5.74, 6) is 0. The Bertz CT molecular complexity index is 932. The number of unbranched alkanes of at least 4 members (excludes halogenated alkanes) is 4. The number of aryl methyl sites for hydroxylation is 5. The Balaban J connectivity index is 2.00. The number of benzene rings is 3. The lowest BCUT2D eigenvalue weighted by Crippen LogP contribution is -2.13. The van der Waals surface area contributed by atoms with Gasteiger partial charge in [0.05, 0.1) is 5.69 Å². The van der Waals surface area contributed by atoms with Crippen LogP contribution in [0.4, 0.5) is 17.1 Å². The third-order valence-corrected chi connectivity index (χ3v) is 6.01. The fourth-order valence-corrected chi connectivity index (χ4v) is 4.49. The van der Waals surface area contributed by atoms with Crippen LogP contribution in [-0.2, 0) is 6.42 Å². The quantitative estimate of drug-likeness (QED) is 0.325. The van der Waals surface area contributed by atoms with Crippen molar-refractivity contribution >= 4 is 17.1 Å². The molecule has 1 heteroatoms. The van der Waals surface area contributed by atoms with Crippen LogP contribution >= 0.6 is 0 Å². The first-order chi connectivity index (χ1) is 14.5. The molecule has 158 valence electrons. The lowest BCUT2D eigenvalue weighted by atomic mass is 9.98. The van der Waals surface area contributed by atoms with Crippen molar-refractivity contribution in [3.05, 3.63) is 88.5 Å². The van der Waals surface area contributed by atoms with Gasteiger partial charge in [-0.05, 0) is 87.1 Å². The van der Waals surface area contributed by atoms with E-state index in [1.165, 1.54) is 77.0 Å². The predicted octanol–water partition coefficient (Wildman–Crippen LogP) is 8.90. The molecule has 0 fully saturated rings. The van der Waals surface area contributed by atoms with E-state index in [4.69, 9.17) is 0 Å². The molecule has 0 bridgehead atoms. The molecule has 0 atom stereocenters. The van der Waals surface area contributed by atoms with E-state index in [-0.39, 0.29) is 0 Å². The summed E-state index contributed by atoms with van der Waals surface area (Å²) in [6.45, 7) is 11.2. The van der Waals surface area contributed by atoms with Crippen molar-refractivity contribution in [3.8, 4) is 0 Å². The minimum absolute atomic E-state index is 1.16. The zero-order chi connectivity index (χ0) is 21.5. The summed E-state index contributed by atoms with van der Waals surface area (Å²) in [7, 11) is 0. The summed E-state index contributed by atoms with van der Waals surface area (Å²) < 4.78 is 0. The van der Waals surface area contributed by atoms with E-state index in [0.717, 1.165) is 6.42 Å². The zero-order valence-corrected chi connectivity index (χ0v) is 19.5. The van der Waals surface area contributed by atoms with E-state index in [1.54, 1.807) is 0 Å². The molecule has 1 nitrogen and oxygen atoms in total. The Kier molecular flexibility index (Phi) is 7.74. The molecule has 0 aliphatic carbocycles. The lowest BCUT2D eigenvalue weighted by Gasteiger charge is -2.29. The van der Waals surface area contributed by atoms with Crippen LogP contribution in [-0.4, -0.2) is 0 Å². The van der Waals surface area contributed by atoms with Crippen molar-refractivity contribution in [2.24, 2.45) is 0 Å². The second-order valence-electron chi connectivity index (χ2n) is 8.69. The number of anilines is 3. The Morgan fingerprint density at radius 3 is 1.97 bits per heavy atom. The Morgan fingerprint density at radius 1 is 0.633 bits per heavy atom. The summed E-state index contributed by atoms with van der Waals surface area (Å²) in [4.78, 5) is 2.43. The normalized spacial score (nSPS) is 11.0. The molecule has 0 spiro atoms. The van der Waals surface area contributed by atoms with E-state index < -0.39 is 0 Å². The summed E-state index contributed by atoms with van der Waals surface area (Å²) in [5.41, 5.74) is 10.6. The van der Waals surface area contributed by atoms with E-state index in [2.05, 4.69) is 100 Å². The van der Waals surface area contributed by atoms with Crippen molar-refractivity contribution in [3.63, 3.8) is 0 Å². The molecule has 3 rings (SSSR count). The monoisotopic (exact) mass is 399 g/mol. The average Bonchev–Trinajstić information content (AvgIpc) is 2.72. The number of hydrogen-bond acceptors (Lipinski definition) is 1. The Labute approximate surface area is 183 Å². The van der Waals surface area contributed by atoms with Gasteiger partial charge in [-0.3, -0.25) is 0 Å². The molecule has 0 unspecified atom stereocenters. The van der Waals surface area contributed by atoms with Crippen molar-refractivity contribution in [2.45, 2.75) is 73.1 Å². The molecule has 0 saturated heterocycles. The molecule has 0 radical (unpaired) electrons. The second-order valence-corrected chi connectivity index (χ2v) is 8.69. The van der Waals surface area contributed by atoms with Crippen LogP contribution in [0.1, 0.15) is 66.8 Å². The SMILES string of the molecule is CCCCCCCc1cc(N(c2ccccc2)c2c(C)cc(C)cc2C)ccc1C. The number of rotatable bonds is 9. The molecule has 3 aromatic rings. The smallest absolute Gasteiger partial charge is 0.0520 e. The van der Waals surface area contributed by atoms with Crippen LogP contribution in [0.2, 0.25) is 0 Å². The van der Waals surface area contributed by atoms with Gasteiger partial charge in [0.2, 0.25) is 0 Å². The maximum atomic E-state index is 2.43. The van der Waals surface area contributed by atoms with Crippen LogP contribution in [0, 0.1) is 27.7 Å². The van der Waals surface area contributed by atoms with E-state index in [9.17, 15) is 0 Å². The second kappa shape index (κ2) is 10.5. The summed E-state index contributed by atoms with van der Waals surface area (Å²) in [6, 6.07) is 22.4. The van der Waals surface area contributed by atoms with E-state index >= 15 is 0 Å². The number of nitrogens with zero attached hydrogens (tertiary/aromatic N) is 1. The third-order valence-electron chi connectivity index (χ3n) is 6.01. The molecule has 0 amide bonds. The largest absolute Gasteiger partial charge is 0.310 e. The molecular formula is C29H37N. The fraction of sp³-hybridized carbons (Fsp3) is 0.379. The van der Waals surface area contributed by atoms with Crippen LogP contribution in [0.5, 0.6) is 0 Å². The number of para-hydroxylation sites is 1. The Hall–Kier alpha value is -2.54. The van der Waals surface area contributed by atoms with Gasteiger partial charge in [0, 0.05) is 11.4 Å². The maximum Gasteiger partial charge on any atom is 0.0520 e. The van der Waals surface area contributed by atoms with Crippen molar-refractivity contribution in [2.75, 3.05) is 4.90 Å². The van der Waals surface area contributed by atoms with Gasteiger partial charge in [-0.2, -0.15) is 0 Å². The topological polar surface area (TPSA) is 3.24 Å². The molecule has 0 aliphatic heterocycles. The molecule has 3 aromatic carbocycles. The van der Waals surface area contributed by atoms with Crippen molar-refractivity contribution in [1.29, 1.82) is 0 Å². The summed E-state index contributed by atoms with van der Waals surface area (Å²) >= 11 is 0. The molecular weight excluding hydrogens is 362 g/mol. The van der Waals surface area contributed by atoms with Gasteiger partial charge >= 0.3 is 0 Å². The molecule has 0 N–H and O–H groups in total. The highest BCUT2D eigenvalue weighted by Crippen LogP contribution is 2.39. The van der Waals surface area contributed by atoms with Crippen LogP contribution in [0.15, 0.2) is 60.7 Å². The minimum atomic E-state index is 1.16. The molecule has 0 heterocycles. The average molecular weight is 400 g/mol. The first kappa shape index (κ1) is 22.2. The summed E-state index contributed by atoms with van der Waals surface area (Å²) in [5, 5.41) is 0. The highest BCUT2D eigenvalue weighted by Gasteiger charge is 2.18. The Morgan fingerprint density at radius 2 is 1.30 bits per heavy atom. The molecule has 0 aromatic heterocycles. The third kappa shape index (κ3) is 5.33. The maximum absolute atomic E-state index is 2.43. The van der Waals surface area contributed by atoms with E-state index in [1.807, 2.05) is 0 Å². The van der Waals surface area contributed by atoms with Gasteiger partial charge < -0.3 is 4.90 Å². The van der Waals surface area contributed by atoms with Crippen LogP contribution in [0.25, 0.3) is 0 Å². The predicted molar refractivity (Wildman–Crippen MR) is 133 cm³/mol. The van der Waals surface area contributed by atoms with Gasteiger partial charge in [0.15, 0.2) is 0 Å². The van der Waals surface area contributed by atoms with E-state index in [0.29, 0.717) is 0 Å². The van der Waals surface area contributed by atoms with Gasteiger partial charge in [-0.1, -0.05) is 74.6 Å². The van der Waals surface area contributed by atoms with Gasteiger partial charge in [0.25, 0.3) is 0 Å². The zero-order valence-electron chi connectivity index (χ0n) is 19.5. The first-order valence-corrected chi connectivity index (χ1v) is 11.5. The van der Waals surface area contributed by atoms with Crippen LogP contribution < -0.4 is 4.90 Å². The summed E-state index contributed by atoms with van der Waals surface area (Å²) in [6.07, 6.45) is 7.78. The van der Waals surface area contributed by atoms with Gasteiger partial charge in [-0.25, -0.2) is 0 Å². The first-order valence-electron chi connectivity index (χ1n) is 11.5. The minimum Gasteiger partial charge on any atom is -0.310 e.